The second kappa shape index (κ2) is 6.43. The summed E-state index contributed by atoms with van der Waals surface area (Å²) in [5, 5.41) is 2.69. The molecule has 130 valence electrons. The molecule has 0 spiro atoms. The number of nitrogens with one attached hydrogen (secondary N) is 2. The molecule has 0 saturated heterocycles. The third kappa shape index (κ3) is 3.48. The molecule has 2 N–H and O–H groups in total. The van der Waals surface area contributed by atoms with E-state index in [4.69, 9.17) is 16.3 Å². The maximum Gasteiger partial charge on any atom is 0.266 e. The lowest BCUT2D eigenvalue weighted by Crippen LogP contribution is -2.37. The van der Waals surface area contributed by atoms with Gasteiger partial charge in [0.05, 0.1) is 11.4 Å². The molecule has 1 amide bonds. The minimum atomic E-state index is -4.12. The Hall–Kier alpha value is -2.50. The van der Waals surface area contributed by atoms with Crippen molar-refractivity contribution in [3.05, 3.63) is 47.2 Å². The zero-order chi connectivity index (χ0) is 18.2. The summed E-state index contributed by atoms with van der Waals surface area (Å²) in [6.07, 6.45) is -0.449. The molecule has 1 atom stereocenters. The van der Waals surface area contributed by atoms with Gasteiger partial charge in [0.15, 0.2) is 17.7 Å². The summed E-state index contributed by atoms with van der Waals surface area (Å²) < 4.78 is 46.1. The van der Waals surface area contributed by atoms with Crippen LogP contribution in [0.1, 0.15) is 13.3 Å². The van der Waals surface area contributed by atoms with Crippen molar-refractivity contribution in [1.29, 1.82) is 0 Å². The number of sulfonamides is 1. The summed E-state index contributed by atoms with van der Waals surface area (Å²) in [5.74, 6) is -1.05. The van der Waals surface area contributed by atoms with Crippen LogP contribution >= 0.6 is 11.6 Å². The number of halogens is 2. The van der Waals surface area contributed by atoms with Crippen LogP contribution in [0.2, 0.25) is 5.02 Å². The van der Waals surface area contributed by atoms with Gasteiger partial charge in [-0.2, -0.15) is 4.39 Å². The molecule has 1 aliphatic rings. The van der Waals surface area contributed by atoms with Crippen molar-refractivity contribution in [2.75, 3.05) is 10.0 Å². The third-order valence-electron chi connectivity index (χ3n) is 3.45. The second-order valence-electron chi connectivity index (χ2n) is 5.24. The molecular weight excluding hydrogens is 371 g/mol. The first kappa shape index (κ1) is 17.3. The van der Waals surface area contributed by atoms with Gasteiger partial charge in [0.1, 0.15) is 4.90 Å². The van der Waals surface area contributed by atoms with Crippen LogP contribution in [-0.4, -0.2) is 20.4 Å². The SMILES string of the molecule is CCC1Oc2c(cc(Cl)cc2S(=O)(=O)Nc2c#cc(F)cc2)NC1=O. The molecular formula is C16H12ClFN2O4S. The van der Waals surface area contributed by atoms with Crippen molar-refractivity contribution in [3.8, 4) is 5.75 Å². The van der Waals surface area contributed by atoms with Gasteiger partial charge in [-0.25, -0.2) is 8.42 Å². The smallest absolute Gasteiger partial charge is 0.266 e. The van der Waals surface area contributed by atoms with Crippen LogP contribution in [0.5, 0.6) is 5.75 Å². The fourth-order valence-electron chi connectivity index (χ4n) is 2.29. The van der Waals surface area contributed by atoms with Crippen LogP contribution in [0.4, 0.5) is 15.8 Å². The van der Waals surface area contributed by atoms with E-state index >= 15 is 0 Å². The van der Waals surface area contributed by atoms with Crippen LogP contribution in [0.15, 0.2) is 29.2 Å². The van der Waals surface area contributed by atoms with Crippen LogP contribution in [-0.2, 0) is 14.8 Å². The second-order valence-corrected chi connectivity index (χ2v) is 7.32. The molecule has 0 saturated carbocycles. The summed E-state index contributed by atoms with van der Waals surface area (Å²) in [6.45, 7) is 1.74. The minimum absolute atomic E-state index is 0.00186. The Morgan fingerprint density at radius 1 is 1.36 bits per heavy atom. The minimum Gasteiger partial charge on any atom is -0.477 e. The van der Waals surface area contributed by atoms with Crippen molar-refractivity contribution in [2.24, 2.45) is 0 Å². The maximum atomic E-state index is 12.9. The lowest BCUT2D eigenvalue weighted by Gasteiger charge is -2.27. The van der Waals surface area contributed by atoms with Gasteiger partial charge in [-0.15, -0.1) is 0 Å². The maximum absolute atomic E-state index is 12.9. The standard InChI is InChI=1S/C16H12ClFN2O4S/c1-2-13-16(21)19-12-7-9(17)8-14(15(12)24-13)25(22,23)20-11-5-3-10(18)4-6-11/h3,5,7-8,13,20H,2H2,1H3,(H,19,21). The number of rotatable bonds is 4. The average Bonchev–Trinajstić information content (AvgIpc) is 2.55. The molecule has 0 bridgehead atoms. The number of hydrogen-bond donors (Lipinski definition) is 2. The van der Waals surface area contributed by atoms with Crippen LogP contribution < -0.4 is 14.8 Å². The molecule has 0 aromatic heterocycles. The number of ether oxygens (including phenoxy) is 1. The number of fused-ring (bicyclic) bond motifs is 1. The number of carbonyl (C=O) groups is 1. The largest absolute Gasteiger partial charge is 0.477 e. The Kier molecular flexibility index (Phi) is 4.45. The highest BCUT2D eigenvalue weighted by Crippen LogP contribution is 2.39. The Bertz CT molecular complexity index is 932. The third-order valence-corrected chi connectivity index (χ3v) is 5.04. The first-order chi connectivity index (χ1) is 11.8. The van der Waals surface area contributed by atoms with E-state index in [1.807, 2.05) is 0 Å². The average molecular weight is 383 g/mol. The quantitative estimate of drug-likeness (QED) is 0.851. The van der Waals surface area contributed by atoms with Gasteiger partial charge in [-0.1, -0.05) is 18.5 Å². The zero-order valence-electron chi connectivity index (χ0n) is 12.9. The van der Waals surface area contributed by atoms with Gasteiger partial charge in [-0.05, 0) is 42.8 Å². The molecule has 25 heavy (non-hydrogen) atoms. The highest BCUT2D eigenvalue weighted by Gasteiger charge is 2.32. The molecule has 1 unspecified atom stereocenters. The fraction of sp³-hybridized carbons (Fsp3) is 0.188. The number of hydrogen-bond acceptors (Lipinski definition) is 4. The summed E-state index contributed by atoms with van der Waals surface area (Å²) in [5.41, 5.74) is 0.166. The molecule has 2 aromatic rings. The van der Waals surface area contributed by atoms with Crippen LogP contribution in [0.25, 0.3) is 0 Å². The van der Waals surface area contributed by atoms with Gasteiger partial charge < -0.3 is 10.1 Å². The van der Waals surface area contributed by atoms with E-state index in [1.165, 1.54) is 18.2 Å². The predicted octanol–water partition coefficient (Wildman–Crippen LogP) is 2.99. The van der Waals surface area contributed by atoms with Gasteiger partial charge in [0.25, 0.3) is 15.9 Å². The van der Waals surface area contributed by atoms with E-state index in [0.717, 1.165) is 6.07 Å². The van der Waals surface area contributed by atoms with Crippen molar-refractivity contribution in [1.82, 2.24) is 0 Å². The van der Waals surface area contributed by atoms with Crippen molar-refractivity contribution >= 4 is 38.9 Å². The van der Waals surface area contributed by atoms with E-state index in [0.29, 0.717) is 6.42 Å². The lowest BCUT2D eigenvalue weighted by molar-refractivity contribution is -0.123. The van der Waals surface area contributed by atoms with Crippen LogP contribution in [0.3, 0.4) is 0 Å². The highest BCUT2D eigenvalue weighted by atomic mass is 35.5. The summed E-state index contributed by atoms with van der Waals surface area (Å²) in [7, 11) is -4.12. The molecule has 0 aliphatic carbocycles. The molecule has 1 aliphatic heterocycles. The Morgan fingerprint density at radius 2 is 2.12 bits per heavy atom. The van der Waals surface area contributed by atoms with E-state index in [-0.39, 0.29) is 32.9 Å². The predicted molar refractivity (Wildman–Crippen MR) is 89.7 cm³/mol. The molecule has 1 heterocycles. The Labute approximate surface area is 149 Å². The van der Waals surface area contributed by atoms with E-state index in [1.54, 1.807) is 6.92 Å². The van der Waals surface area contributed by atoms with Gasteiger partial charge in [-0.3, -0.25) is 9.52 Å². The summed E-state index contributed by atoms with van der Waals surface area (Å²) in [4.78, 5) is 11.7. The van der Waals surface area contributed by atoms with Gasteiger partial charge >= 0.3 is 0 Å². The first-order valence-corrected chi connectivity index (χ1v) is 9.09. The van der Waals surface area contributed by atoms with Crippen molar-refractivity contribution < 1.29 is 22.3 Å². The number of benzene rings is 1. The number of amides is 1. The molecule has 9 heteroatoms. The van der Waals surface area contributed by atoms with E-state index < -0.39 is 21.9 Å². The molecule has 3 rings (SSSR count). The van der Waals surface area contributed by atoms with Gasteiger partial charge in [0.2, 0.25) is 0 Å². The number of anilines is 2. The molecule has 6 nitrogen and oxygen atoms in total. The Balaban J connectivity index is 2.04. The normalized spacial score (nSPS) is 16.3. The highest BCUT2D eigenvalue weighted by molar-refractivity contribution is 7.92. The molecule has 0 radical (unpaired) electrons. The summed E-state index contributed by atoms with van der Waals surface area (Å²) in [6, 6.07) is 9.35. The molecule has 0 fully saturated rings. The van der Waals surface area contributed by atoms with Crippen molar-refractivity contribution in [3.63, 3.8) is 0 Å². The fourth-order valence-corrected chi connectivity index (χ4v) is 3.77. The lowest BCUT2D eigenvalue weighted by atomic mass is 10.2. The summed E-state index contributed by atoms with van der Waals surface area (Å²) >= 11 is 5.97. The number of carbonyl (C=O) groups excluding carboxylic acids is 1. The zero-order valence-corrected chi connectivity index (χ0v) is 14.5. The first-order valence-electron chi connectivity index (χ1n) is 7.23. The van der Waals surface area contributed by atoms with E-state index in [9.17, 15) is 17.6 Å². The molecule has 2 aromatic carbocycles. The topological polar surface area (TPSA) is 84.5 Å². The van der Waals surface area contributed by atoms with Crippen LogP contribution in [0, 0.1) is 17.9 Å². The van der Waals surface area contributed by atoms with E-state index in [2.05, 4.69) is 22.2 Å². The van der Waals surface area contributed by atoms with Crippen molar-refractivity contribution in [2.45, 2.75) is 24.3 Å². The Morgan fingerprint density at radius 3 is 2.76 bits per heavy atom. The monoisotopic (exact) mass is 382 g/mol. The van der Waals surface area contributed by atoms with Gasteiger partial charge in [0, 0.05) is 5.02 Å².